The lowest BCUT2D eigenvalue weighted by Crippen LogP contribution is -2.33. The van der Waals surface area contributed by atoms with Crippen molar-refractivity contribution in [3.8, 4) is 6.01 Å². The second-order valence-corrected chi connectivity index (χ2v) is 11.7. The molecule has 1 N–H and O–H groups in total. The molecule has 6 rings (SSSR count). The maximum Gasteiger partial charge on any atom is 0.346 e. The van der Waals surface area contributed by atoms with Crippen LogP contribution in [0.1, 0.15) is 58.1 Å². The van der Waals surface area contributed by atoms with Crippen LogP contribution in [0, 0.1) is 5.82 Å². The largest absolute Gasteiger partial charge is 0.477 e. The Morgan fingerprint density at radius 1 is 1.19 bits per heavy atom. The Bertz CT molecular complexity index is 1730. The molecule has 5 aromatic rings. The molecule has 0 saturated carbocycles. The lowest BCUT2D eigenvalue weighted by molar-refractivity contribution is 0.0702. The van der Waals surface area contributed by atoms with Gasteiger partial charge in [-0.05, 0) is 57.1 Å². The molecule has 0 atom stereocenters. The van der Waals surface area contributed by atoms with Crippen molar-refractivity contribution in [2.24, 2.45) is 0 Å². The predicted octanol–water partition coefficient (Wildman–Crippen LogP) is 5.60. The summed E-state index contributed by atoms with van der Waals surface area (Å²) < 4.78 is 24.0. The molecule has 0 radical (unpaired) electrons. The monoisotopic (exact) mass is 609 g/mol. The van der Waals surface area contributed by atoms with E-state index in [9.17, 15) is 14.3 Å². The van der Waals surface area contributed by atoms with E-state index in [0.29, 0.717) is 23.7 Å². The molecule has 10 nitrogen and oxygen atoms in total. The van der Waals surface area contributed by atoms with E-state index >= 15 is 0 Å². The number of hydrogen-bond donors (Lipinski definition) is 1. The van der Waals surface area contributed by atoms with E-state index in [4.69, 9.17) is 21.3 Å². The molecule has 4 aromatic heterocycles. The summed E-state index contributed by atoms with van der Waals surface area (Å²) in [5.41, 5.74) is 3.17. The van der Waals surface area contributed by atoms with Crippen molar-refractivity contribution >= 4 is 39.3 Å². The highest BCUT2D eigenvalue weighted by Crippen LogP contribution is 2.31. The van der Waals surface area contributed by atoms with E-state index in [-0.39, 0.29) is 23.4 Å². The number of rotatable bonds is 10. The molecule has 0 aliphatic carbocycles. The van der Waals surface area contributed by atoms with Crippen LogP contribution in [-0.2, 0) is 26.2 Å². The Morgan fingerprint density at radius 2 is 2.02 bits per heavy atom. The third-order valence-corrected chi connectivity index (χ3v) is 8.84. The fraction of sp³-hybridized carbons (Fsp3) is 0.345. The number of thiophene rings is 1. The van der Waals surface area contributed by atoms with Crippen molar-refractivity contribution in [3.05, 3.63) is 87.5 Å². The molecule has 42 heavy (non-hydrogen) atoms. The van der Waals surface area contributed by atoms with Crippen LogP contribution in [0.3, 0.4) is 0 Å². The minimum Gasteiger partial charge on any atom is -0.477 e. The topological polar surface area (TPSA) is 111 Å². The Hall–Kier alpha value is -3.87. The molecule has 0 unspecified atom stereocenters. The van der Waals surface area contributed by atoms with Gasteiger partial charge in [-0.25, -0.2) is 24.1 Å². The number of carboxylic acid groups (broad SMARTS) is 1. The highest BCUT2D eigenvalue weighted by molar-refractivity contribution is 7.20. The number of fused-ring (bicyclic) bond motifs is 1. The smallest absolute Gasteiger partial charge is 0.346 e. The zero-order valence-electron chi connectivity index (χ0n) is 22.9. The van der Waals surface area contributed by atoms with Crippen molar-refractivity contribution < 1.29 is 19.0 Å². The number of nitrogens with zero attached hydrogens (tertiary/aromatic N) is 7. The number of piperidine rings is 1. The molecule has 0 spiro atoms. The zero-order chi connectivity index (χ0) is 29.2. The van der Waals surface area contributed by atoms with Crippen LogP contribution >= 0.6 is 22.9 Å². The first-order valence-electron chi connectivity index (χ1n) is 13.7. The van der Waals surface area contributed by atoms with Gasteiger partial charge in [0.05, 0.1) is 36.3 Å². The fourth-order valence-corrected chi connectivity index (χ4v) is 6.36. The van der Waals surface area contributed by atoms with Crippen molar-refractivity contribution in [1.29, 1.82) is 0 Å². The maximum absolute atomic E-state index is 14.1. The highest BCUT2D eigenvalue weighted by Gasteiger charge is 2.25. The zero-order valence-corrected chi connectivity index (χ0v) is 24.5. The standard InChI is InChI=1S/C29H29ClFN7O3S/c1-2-37-17-32-13-21(37)14-38-24-12-25(28(39)40)42-27(24)35-26(38)15-36-9-6-18(7-10-36)23-5-8-33-29(34-23)41-16-19-3-4-20(30)11-22(19)31/h3-5,8,11-13,17-18H,2,6-7,9-10,14-16H2,1H3,(H,39,40). The van der Waals surface area contributed by atoms with Gasteiger partial charge in [0.2, 0.25) is 0 Å². The molecule has 5 heterocycles. The molecular weight excluding hydrogens is 581 g/mol. The summed E-state index contributed by atoms with van der Waals surface area (Å²) in [6.45, 7) is 5.81. The summed E-state index contributed by atoms with van der Waals surface area (Å²) in [5.74, 6) is -0.214. The number of aromatic carboxylic acids is 1. The Kier molecular flexibility index (Phi) is 8.18. The summed E-state index contributed by atoms with van der Waals surface area (Å²) in [5, 5.41) is 9.85. The summed E-state index contributed by atoms with van der Waals surface area (Å²) in [6.07, 6.45) is 7.15. The van der Waals surface area contributed by atoms with E-state index < -0.39 is 11.8 Å². The van der Waals surface area contributed by atoms with Gasteiger partial charge in [0.25, 0.3) is 0 Å². The van der Waals surface area contributed by atoms with Crippen LogP contribution in [0.2, 0.25) is 5.02 Å². The predicted molar refractivity (Wildman–Crippen MR) is 157 cm³/mol. The van der Waals surface area contributed by atoms with Gasteiger partial charge in [-0.3, -0.25) is 4.90 Å². The van der Waals surface area contributed by atoms with E-state index in [1.807, 2.05) is 18.6 Å². The lowest BCUT2D eigenvalue weighted by Gasteiger charge is -2.31. The molecular formula is C29H29ClFN7O3S. The summed E-state index contributed by atoms with van der Waals surface area (Å²) in [4.78, 5) is 33.0. The average molecular weight is 610 g/mol. The molecule has 1 aliphatic rings. The van der Waals surface area contributed by atoms with Crippen LogP contribution in [-0.4, -0.2) is 58.1 Å². The first-order chi connectivity index (χ1) is 20.4. The molecule has 0 amide bonds. The molecule has 0 bridgehead atoms. The number of benzene rings is 1. The van der Waals surface area contributed by atoms with Gasteiger partial charge in [0.1, 0.15) is 28.0 Å². The SMILES string of the molecule is CCn1cncc1Cn1c(CN2CCC(c3ccnc(OCc4ccc(Cl)cc4F)n3)CC2)nc2sc(C(=O)O)cc21. The van der Waals surface area contributed by atoms with Crippen molar-refractivity contribution in [3.63, 3.8) is 0 Å². The summed E-state index contributed by atoms with van der Waals surface area (Å²) >= 11 is 7.04. The number of halogens is 2. The van der Waals surface area contributed by atoms with E-state index in [2.05, 4.69) is 35.9 Å². The first-order valence-corrected chi connectivity index (χ1v) is 14.9. The molecule has 1 aromatic carbocycles. The van der Waals surface area contributed by atoms with Gasteiger partial charge in [-0.2, -0.15) is 4.98 Å². The van der Waals surface area contributed by atoms with Gasteiger partial charge >= 0.3 is 12.0 Å². The van der Waals surface area contributed by atoms with Crippen LogP contribution in [0.5, 0.6) is 6.01 Å². The van der Waals surface area contributed by atoms with E-state index in [1.54, 1.807) is 24.4 Å². The van der Waals surface area contributed by atoms with Crippen molar-refractivity contribution in [2.75, 3.05) is 13.1 Å². The fourth-order valence-electron chi connectivity index (χ4n) is 5.31. The number of aryl methyl sites for hydroxylation is 1. The first kappa shape index (κ1) is 28.3. The Balaban J connectivity index is 1.12. The van der Waals surface area contributed by atoms with Crippen LogP contribution in [0.25, 0.3) is 10.3 Å². The molecule has 13 heteroatoms. The quantitative estimate of drug-likeness (QED) is 0.218. The van der Waals surface area contributed by atoms with E-state index in [1.165, 1.54) is 17.4 Å². The number of hydrogen-bond acceptors (Lipinski definition) is 8. The van der Waals surface area contributed by atoms with Crippen LogP contribution in [0.15, 0.2) is 49.1 Å². The number of likely N-dealkylation sites (tertiary alicyclic amines) is 1. The minimum absolute atomic E-state index is 0.0159. The minimum atomic E-state index is -0.942. The Labute approximate surface area is 250 Å². The van der Waals surface area contributed by atoms with Gasteiger partial charge in [0.15, 0.2) is 0 Å². The molecule has 1 aliphatic heterocycles. The number of ether oxygens (including phenoxy) is 1. The van der Waals surface area contributed by atoms with Gasteiger partial charge in [-0.15, -0.1) is 11.3 Å². The number of aromatic nitrogens is 6. The summed E-state index contributed by atoms with van der Waals surface area (Å²) in [6, 6.07) is 8.32. The van der Waals surface area contributed by atoms with Gasteiger partial charge < -0.3 is 19.0 Å². The second-order valence-electron chi connectivity index (χ2n) is 10.2. The van der Waals surface area contributed by atoms with Crippen molar-refractivity contribution in [1.82, 2.24) is 34.0 Å². The molecule has 1 fully saturated rings. The van der Waals surface area contributed by atoms with Gasteiger partial charge in [0, 0.05) is 35.4 Å². The lowest BCUT2D eigenvalue weighted by atomic mass is 9.93. The highest BCUT2D eigenvalue weighted by atomic mass is 35.5. The molecule has 218 valence electrons. The number of carbonyl (C=O) groups is 1. The van der Waals surface area contributed by atoms with Crippen molar-refractivity contribution in [2.45, 2.75) is 51.9 Å². The normalized spacial score (nSPS) is 14.5. The number of carboxylic acids is 1. The Morgan fingerprint density at radius 3 is 2.79 bits per heavy atom. The van der Waals surface area contributed by atoms with E-state index in [0.717, 1.165) is 60.0 Å². The van der Waals surface area contributed by atoms with Crippen LogP contribution < -0.4 is 4.74 Å². The maximum atomic E-state index is 14.1. The molecule has 1 saturated heterocycles. The summed E-state index contributed by atoms with van der Waals surface area (Å²) in [7, 11) is 0. The van der Waals surface area contributed by atoms with Crippen LogP contribution in [0.4, 0.5) is 4.39 Å². The number of imidazole rings is 2. The average Bonchev–Trinajstić information content (AvgIpc) is 3.69. The second kappa shape index (κ2) is 12.2. The van der Waals surface area contributed by atoms with Gasteiger partial charge in [-0.1, -0.05) is 17.7 Å². The third-order valence-electron chi connectivity index (χ3n) is 7.59. The third kappa shape index (κ3) is 6.01.